The number of hydrogen-bond acceptors (Lipinski definition) is 3. The highest BCUT2D eigenvalue weighted by molar-refractivity contribution is 5.69. The van der Waals surface area contributed by atoms with Crippen LogP contribution in [0.15, 0.2) is 72.8 Å². The van der Waals surface area contributed by atoms with Gasteiger partial charge in [0.15, 0.2) is 5.88 Å². The molecule has 3 rings (SSSR count). The smallest absolute Gasteiger partial charge is 0.186 e. The van der Waals surface area contributed by atoms with Crippen molar-refractivity contribution in [2.75, 3.05) is 7.11 Å². The highest BCUT2D eigenvalue weighted by Crippen LogP contribution is 2.31. The molecule has 0 saturated heterocycles. The van der Waals surface area contributed by atoms with Crippen LogP contribution in [0.3, 0.4) is 0 Å². The van der Waals surface area contributed by atoms with E-state index >= 15 is 0 Å². The normalized spacial score (nSPS) is 17.2. The first-order valence-corrected chi connectivity index (χ1v) is 7.28. The van der Waals surface area contributed by atoms with E-state index in [1.54, 1.807) is 13.4 Å². The number of methoxy groups -OCH3 is 1. The third-order valence-electron chi connectivity index (χ3n) is 3.81. The van der Waals surface area contributed by atoms with E-state index < -0.39 is 0 Å². The summed E-state index contributed by atoms with van der Waals surface area (Å²) < 4.78 is 10.6. The molecule has 1 unspecified atom stereocenters. The maximum absolute atomic E-state index is 5.84. The predicted octanol–water partition coefficient (Wildman–Crippen LogP) is 3.73. The number of allylic oxidation sites excluding steroid dienone is 2. The van der Waals surface area contributed by atoms with Crippen LogP contribution in [-0.2, 0) is 11.2 Å². The molecule has 0 fully saturated rings. The van der Waals surface area contributed by atoms with Gasteiger partial charge in [-0.1, -0.05) is 42.5 Å². The quantitative estimate of drug-likeness (QED) is 0.934. The molecule has 0 aromatic heterocycles. The summed E-state index contributed by atoms with van der Waals surface area (Å²) in [6.45, 7) is 0. The van der Waals surface area contributed by atoms with Gasteiger partial charge in [-0.05, 0) is 35.8 Å². The summed E-state index contributed by atoms with van der Waals surface area (Å²) in [6.07, 6.45) is 4.61. The van der Waals surface area contributed by atoms with E-state index in [-0.39, 0.29) is 5.92 Å². The van der Waals surface area contributed by atoms with Crippen LogP contribution in [0.25, 0.3) is 5.57 Å². The van der Waals surface area contributed by atoms with Crippen molar-refractivity contribution in [2.24, 2.45) is 11.7 Å². The Bertz CT molecular complexity index is 687. The zero-order valence-corrected chi connectivity index (χ0v) is 12.5. The third-order valence-corrected chi connectivity index (χ3v) is 3.81. The van der Waals surface area contributed by atoms with Crippen molar-refractivity contribution in [1.29, 1.82) is 0 Å². The van der Waals surface area contributed by atoms with Gasteiger partial charge >= 0.3 is 0 Å². The van der Waals surface area contributed by atoms with Gasteiger partial charge in [0.1, 0.15) is 5.75 Å². The van der Waals surface area contributed by atoms with Crippen LogP contribution in [0, 0.1) is 5.92 Å². The summed E-state index contributed by atoms with van der Waals surface area (Å²) in [4.78, 5) is 0. The Morgan fingerprint density at radius 1 is 1.05 bits per heavy atom. The fourth-order valence-corrected chi connectivity index (χ4v) is 2.64. The molecule has 1 aliphatic heterocycles. The summed E-state index contributed by atoms with van der Waals surface area (Å²) in [7, 11) is 1.67. The third kappa shape index (κ3) is 3.14. The van der Waals surface area contributed by atoms with Crippen molar-refractivity contribution in [3.63, 3.8) is 0 Å². The largest absolute Gasteiger partial charge is 0.497 e. The van der Waals surface area contributed by atoms with Gasteiger partial charge < -0.3 is 15.2 Å². The molecule has 112 valence electrons. The summed E-state index contributed by atoms with van der Waals surface area (Å²) in [6, 6.07) is 18.4. The summed E-state index contributed by atoms with van der Waals surface area (Å²) in [5, 5.41) is 0. The van der Waals surface area contributed by atoms with Crippen molar-refractivity contribution in [3.05, 3.63) is 83.9 Å². The zero-order valence-electron chi connectivity index (χ0n) is 12.5. The van der Waals surface area contributed by atoms with E-state index in [4.69, 9.17) is 15.2 Å². The van der Waals surface area contributed by atoms with Crippen LogP contribution in [-0.4, -0.2) is 7.11 Å². The van der Waals surface area contributed by atoms with E-state index in [1.807, 2.05) is 36.4 Å². The van der Waals surface area contributed by atoms with E-state index in [0.717, 1.165) is 23.3 Å². The monoisotopic (exact) mass is 293 g/mol. The van der Waals surface area contributed by atoms with E-state index in [1.165, 1.54) is 5.56 Å². The number of rotatable bonds is 4. The highest BCUT2D eigenvalue weighted by atomic mass is 16.5. The Balaban J connectivity index is 1.85. The van der Waals surface area contributed by atoms with Gasteiger partial charge in [0.25, 0.3) is 0 Å². The number of hydrogen-bond donors (Lipinski definition) is 1. The summed E-state index contributed by atoms with van der Waals surface area (Å²) in [5.41, 5.74) is 9.38. The van der Waals surface area contributed by atoms with Crippen LogP contribution >= 0.6 is 0 Å². The number of nitrogens with two attached hydrogens (primary N) is 1. The first-order chi connectivity index (χ1) is 10.8. The topological polar surface area (TPSA) is 44.5 Å². The minimum Gasteiger partial charge on any atom is -0.497 e. The minimum atomic E-state index is 0.199. The maximum Gasteiger partial charge on any atom is 0.186 e. The first-order valence-electron chi connectivity index (χ1n) is 7.28. The maximum atomic E-state index is 5.84. The molecule has 2 N–H and O–H groups in total. The van der Waals surface area contributed by atoms with Crippen LogP contribution in [0.2, 0.25) is 0 Å². The molecular formula is C19H19NO2. The number of ether oxygens (including phenoxy) is 2. The van der Waals surface area contributed by atoms with E-state index in [9.17, 15) is 0 Å². The molecule has 0 aliphatic carbocycles. The molecule has 1 aliphatic rings. The molecule has 3 heteroatoms. The lowest BCUT2D eigenvalue weighted by Crippen LogP contribution is -2.14. The Hall–Kier alpha value is -2.68. The lowest BCUT2D eigenvalue weighted by molar-refractivity contribution is 0.332. The Morgan fingerprint density at radius 2 is 1.77 bits per heavy atom. The van der Waals surface area contributed by atoms with Crippen LogP contribution in [0.5, 0.6) is 5.75 Å². The SMILES string of the molecule is COc1ccc(CC2C=C(N)OC=C2c2ccccc2)cc1. The molecule has 0 bridgehead atoms. The molecule has 0 saturated carbocycles. The molecule has 1 heterocycles. The highest BCUT2D eigenvalue weighted by Gasteiger charge is 2.19. The Labute approximate surface area is 130 Å². The lowest BCUT2D eigenvalue weighted by Gasteiger charge is -2.22. The molecular weight excluding hydrogens is 274 g/mol. The molecule has 0 radical (unpaired) electrons. The van der Waals surface area contributed by atoms with Gasteiger partial charge in [0, 0.05) is 11.5 Å². The van der Waals surface area contributed by atoms with Crippen molar-refractivity contribution >= 4 is 5.57 Å². The van der Waals surface area contributed by atoms with Gasteiger partial charge in [0.05, 0.1) is 13.4 Å². The van der Waals surface area contributed by atoms with Crippen LogP contribution < -0.4 is 10.5 Å². The molecule has 3 nitrogen and oxygen atoms in total. The second kappa shape index (κ2) is 6.39. The van der Waals surface area contributed by atoms with Gasteiger partial charge in [-0.2, -0.15) is 0 Å². The van der Waals surface area contributed by atoms with E-state index in [2.05, 4.69) is 24.3 Å². The van der Waals surface area contributed by atoms with Crippen molar-refractivity contribution in [2.45, 2.75) is 6.42 Å². The fourth-order valence-electron chi connectivity index (χ4n) is 2.64. The van der Waals surface area contributed by atoms with Gasteiger partial charge in [0.2, 0.25) is 0 Å². The average molecular weight is 293 g/mol. The first kappa shape index (κ1) is 14.3. The van der Waals surface area contributed by atoms with Crippen molar-refractivity contribution in [1.82, 2.24) is 0 Å². The predicted molar refractivity (Wildman–Crippen MR) is 88.0 cm³/mol. The molecule has 0 amide bonds. The molecule has 1 atom stereocenters. The van der Waals surface area contributed by atoms with Gasteiger partial charge in [-0.15, -0.1) is 0 Å². The summed E-state index contributed by atoms with van der Waals surface area (Å²) >= 11 is 0. The second-order valence-electron chi connectivity index (χ2n) is 5.28. The summed E-state index contributed by atoms with van der Waals surface area (Å²) in [5.74, 6) is 1.52. The average Bonchev–Trinajstić information content (AvgIpc) is 2.56. The standard InChI is InChI=1S/C19H19NO2/c1-21-17-9-7-14(8-10-17)11-16-12-19(20)22-13-18(16)15-5-3-2-4-6-15/h2-10,12-13,16H,11,20H2,1H3. The molecule has 22 heavy (non-hydrogen) atoms. The van der Waals surface area contributed by atoms with Gasteiger partial charge in [-0.25, -0.2) is 0 Å². The molecule has 2 aromatic rings. The van der Waals surface area contributed by atoms with Crippen LogP contribution in [0.4, 0.5) is 0 Å². The molecule has 2 aromatic carbocycles. The number of benzene rings is 2. The zero-order chi connectivity index (χ0) is 15.4. The van der Waals surface area contributed by atoms with Crippen molar-refractivity contribution in [3.8, 4) is 5.75 Å². The Morgan fingerprint density at radius 3 is 2.45 bits per heavy atom. The molecule has 0 spiro atoms. The second-order valence-corrected chi connectivity index (χ2v) is 5.28. The van der Waals surface area contributed by atoms with Crippen molar-refractivity contribution < 1.29 is 9.47 Å². The minimum absolute atomic E-state index is 0.199. The lowest BCUT2D eigenvalue weighted by atomic mass is 9.87. The fraction of sp³-hybridized carbons (Fsp3) is 0.158. The Kier molecular flexibility index (Phi) is 4.15. The van der Waals surface area contributed by atoms with Gasteiger partial charge in [-0.3, -0.25) is 0 Å². The van der Waals surface area contributed by atoms with E-state index in [0.29, 0.717) is 5.88 Å². The van der Waals surface area contributed by atoms with Crippen LogP contribution in [0.1, 0.15) is 11.1 Å².